The highest BCUT2D eigenvalue weighted by Gasteiger charge is 2.47. The molecular weight excluding hydrogens is 306 g/mol. The van der Waals surface area contributed by atoms with E-state index >= 15 is 0 Å². The number of nitrogens with one attached hydrogen (secondary N) is 1. The number of rotatable bonds is 3. The molecule has 0 bridgehead atoms. The number of aromatic nitrogens is 3. The van der Waals surface area contributed by atoms with Crippen molar-refractivity contribution in [3.05, 3.63) is 48.5 Å². The van der Waals surface area contributed by atoms with Gasteiger partial charge in [0.05, 0.1) is 30.4 Å². The van der Waals surface area contributed by atoms with Gasteiger partial charge in [0, 0.05) is 37.8 Å². The van der Waals surface area contributed by atoms with Crippen molar-refractivity contribution in [1.82, 2.24) is 19.9 Å². The van der Waals surface area contributed by atoms with Crippen molar-refractivity contribution in [3.63, 3.8) is 0 Å². The van der Waals surface area contributed by atoms with E-state index in [2.05, 4.69) is 20.3 Å². The van der Waals surface area contributed by atoms with Gasteiger partial charge in [-0.05, 0) is 24.6 Å². The van der Waals surface area contributed by atoms with Crippen LogP contribution in [0, 0.1) is 0 Å². The molecule has 1 spiro atoms. The number of nitrogens with zero attached hydrogens (tertiary/aromatic N) is 4. The first-order valence-corrected chi connectivity index (χ1v) is 8.11. The molecule has 0 aromatic carbocycles. The zero-order valence-corrected chi connectivity index (χ0v) is 13.3. The third kappa shape index (κ3) is 2.94. The lowest BCUT2D eigenvalue weighted by Gasteiger charge is -2.23. The van der Waals surface area contributed by atoms with E-state index in [1.807, 2.05) is 4.90 Å². The molecule has 2 unspecified atom stereocenters. The van der Waals surface area contributed by atoms with E-state index < -0.39 is 0 Å². The van der Waals surface area contributed by atoms with Gasteiger partial charge in [-0.25, -0.2) is 9.97 Å². The van der Waals surface area contributed by atoms with Crippen molar-refractivity contribution in [2.75, 3.05) is 25.0 Å². The van der Waals surface area contributed by atoms with Gasteiger partial charge in [0.15, 0.2) is 0 Å². The minimum absolute atomic E-state index is 0.0198. The van der Waals surface area contributed by atoms with E-state index in [9.17, 15) is 4.79 Å². The van der Waals surface area contributed by atoms with Gasteiger partial charge >= 0.3 is 0 Å². The maximum absolute atomic E-state index is 12.6. The summed E-state index contributed by atoms with van der Waals surface area (Å²) in [5, 5.41) is 3.31. The Morgan fingerprint density at radius 3 is 2.96 bits per heavy atom. The van der Waals surface area contributed by atoms with Gasteiger partial charge in [-0.3, -0.25) is 9.78 Å². The molecule has 4 rings (SSSR count). The summed E-state index contributed by atoms with van der Waals surface area (Å²) in [5.41, 5.74) is 0.365. The number of hydrogen-bond donors (Lipinski definition) is 1. The van der Waals surface area contributed by atoms with Crippen molar-refractivity contribution in [3.8, 4) is 0 Å². The molecule has 2 aromatic heterocycles. The molecule has 0 aliphatic carbocycles. The predicted octanol–water partition coefficient (Wildman–Crippen LogP) is 1.36. The van der Waals surface area contributed by atoms with Gasteiger partial charge in [-0.1, -0.05) is 0 Å². The van der Waals surface area contributed by atoms with Crippen LogP contribution in [0.1, 0.15) is 23.2 Å². The third-order valence-electron chi connectivity index (χ3n) is 4.62. The van der Waals surface area contributed by atoms with E-state index in [1.54, 1.807) is 43.0 Å². The summed E-state index contributed by atoms with van der Waals surface area (Å²) in [6.07, 6.45) is 8.41. The topological polar surface area (TPSA) is 80.2 Å². The second-order valence-corrected chi connectivity index (χ2v) is 6.33. The summed E-state index contributed by atoms with van der Waals surface area (Å²) < 4.78 is 6.07. The fourth-order valence-corrected chi connectivity index (χ4v) is 3.47. The maximum atomic E-state index is 12.6. The lowest BCUT2D eigenvalue weighted by Crippen LogP contribution is -2.36. The molecule has 24 heavy (non-hydrogen) atoms. The lowest BCUT2D eigenvalue weighted by atomic mass is 9.97. The number of pyridine rings is 1. The monoisotopic (exact) mass is 325 g/mol. The van der Waals surface area contributed by atoms with Crippen LogP contribution < -0.4 is 5.32 Å². The average Bonchev–Trinajstić information content (AvgIpc) is 3.23. The van der Waals surface area contributed by atoms with Crippen LogP contribution in [0.25, 0.3) is 0 Å². The molecule has 2 atom stereocenters. The Morgan fingerprint density at radius 1 is 1.29 bits per heavy atom. The second kappa shape index (κ2) is 6.16. The molecule has 2 saturated heterocycles. The number of carbonyl (C=O) groups is 1. The third-order valence-corrected chi connectivity index (χ3v) is 4.62. The Bertz CT molecular complexity index is 711. The first kappa shape index (κ1) is 15.0. The van der Waals surface area contributed by atoms with Crippen molar-refractivity contribution in [2.45, 2.75) is 24.5 Å². The van der Waals surface area contributed by atoms with Crippen molar-refractivity contribution in [2.24, 2.45) is 0 Å². The number of likely N-dealkylation sites (tertiary alicyclic amines) is 1. The Balaban J connectivity index is 1.39. The van der Waals surface area contributed by atoms with Crippen LogP contribution in [0.5, 0.6) is 0 Å². The van der Waals surface area contributed by atoms with Crippen LogP contribution in [0.15, 0.2) is 43.0 Å². The lowest BCUT2D eigenvalue weighted by molar-refractivity contribution is 0.0125. The van der Waals surface area contributed by atoms with Gasteiger partial charge < -0.3 is 15.0 Å². The van der Waals surface area contributed by atoms with Crippen molar-refractivity contribution in [1.29, 1.82) is 0 Å². The molecule has 0 radical (unpaired) electrons. The highest BCUT2D eigenvalue weighted by molar-refractivity contribution is 5.94. The molecule has 1 N–H and O–H groups in total. The Kier molecular flexibility index (Phi) is 3.86. The van der Waals surface area contributed by atoms with Crippen LogP contribution in [-0.2, 0) is 4.74 Å². The highest BCUT2D eigenvalue weighted by Crippen LogP contribution is 2.36. The van der Waals surface area contributed by atoms with Crippen molar-refractivity contribution >= 4 is 11.9 Å². The van der Waals surface area contributed by atoms with E-state index in [4.69, 9.17) is 4.74 Å². The predicted molar refractivity (Wildman–Crippen MR) is 87.5 cm³/mol. The molecule has 4 heterocycles. The molecule has 7 heteroatoms. The molecular formula is C17H19N5O2. The van der Waals surface area contributed by atoms with Crippen LogP contribution in [0.3, 0.4) is 0 Å². The quantitative estimate of drug-likeness (QED) is 0.918. The summed E-state index contributed by atoms with van der Waals surface area (Å²) in [7, 11) is 0. The SMILES string of the molecule is O=C(c1cccnc1)N1CCC2(CC(Nc3ncccn3)CO2)C1. The molecule has 124 valence electrons. The normalized spacial score (nSPS) is 26.0. The number of ether oxygens (including phenoxy) is 1. The van der Waals surface area contributed by atoms with E-state index in [-0.39, 0.29) is 17.6 Å². The number of carbonyl (C=O) groups excluding carboxylic acids is 1. The van der Waals surface area contributed by atoms with Crippen LogP contribution in [0.2, 0.25) is 0 Å². The van der Waals surface area contributed by atoms with Crippen LogP contribution in [-0.4, -0.2) is 57.1 Å². The summed E-state index contributed by atoms with van der Waals surface area (Å²) >= 11 is 0. The number of hydrogen-bond acceptors (Lipinski definition) is 6. The first-order valence-electron chi connectivity index (χ1n) is 8.11. The molecule has 2 aliphatic heterocycles. The van der Waals surface area contributed by atoms with Gasteiger partial charge in [0.1, 0.15) is 0 Å². The zero-order valence-electron chi connectivity index (χ0n) is 13.3. The Morgan fingerprint density at radius 2 is 2.17 bits per heavy atom. The largest absolute Gasteiger partial charge is 0.371 e. The standard InChI is InChI=1S/C17H19N5O2/c23-15(13-3-1-5-18-10-13)22-8-4-17(12-22)9-14(11-24-17)21-16-19-6-2-7-20-16/h1-3,5-7,10,14H,4,8-9,11-12H2,(H,19,20,21). The maximum Gasteiger partial charge on any atom is 0.255 e. The highest BCUT2D eigenvalue weighted by atomic mass is 16.5. The summed E-state index contributed by atoms with van der Waals surface area (Å²) in [4.78, 5) is 26.8. The second-order valence-electron chi connectivity index (χ2n) is 6.33. The van der Waals surface area contributed by atoms with Gasteiger partial charge in [0.2, 0.25) is 5.95 Å². The molecule has 0 saturated carbocycles. The minimum Gasteiger partial charge on any atom is -0.371 e. The Labute approximate surface area is 140 Å². The number of amides is 1. The molecule has 7 nitrogen and oxygen atoms in total. The Hall–Kier alpha value is -2.54. The zero-order chi connectivity index (χ0) is 16.4. The van der Waals surface area contributed by atoms with E-state index in [1.165, 1.54) is 0 Å². The van der Waals surface area contributed by atoms with E-state index in [0.717, 1.165) is 12.8 Å². The number of anilines is 1. The van der Waals surface area contributed by atoms with Gasteiger partial charge in [0.25, 0.3) is 5.91 Å². The summed E-state index contributed by atoms with van der Waals surface area (Å²) in [6.45, 7) is 1.93. The average molecular weight is 325 g/mol. The fourth-order valence-electron chi connectivity index (χ4n) is 3.47. The molecule has 2 aromatic rings. The van der Waals surface area contributed by atoms with Gasteiger partial charge in [-0.15, -0.1) is 0 Å². The summed E-state index contributed by atoms with van der Waals surface area (Å²) in [5.74, 6) is 0.635. The van der Waals surface area contributed by atoms with Crippen molar-refractivity contribution < 1.29 is 9.53 Å². The minimum atomic E-state index is -0.260. The summed E-state index contributed by atoms with van der Waals surface area (Å²) in [6, 6.07) is 5.54. The smallest absolute Gasteiger partial charge is 0.255 e. The molecule has 2 aliphatic rings. The molecule has 2 fully saturated rings. The van der Waals surface area contributed by atoms with Gasteiger partial charge in [-0.2, -0.15) is 0 Å². The van der Waals surface area contributed by atoms with Crippen LogP contribution >= 0.6 is 0 Å². The first-order chi connectivity index (χ1) is 11.7. The van der Waals surface area contributed by atoms with Crippen LogP contribution in [0.4, 0.5) is 5.95 Å². The van der Waals surface area contributed by atoms with E-state index in [0.29, 0.717) is 31.2 Å². The molecule has 1 amide bonds. The fraction of sp³-hybridized carbons (Fsp3) is 0.412.